The molecule has 22 heavy (non-hydrogen) atoms. The van der Waals surface area contributed by atoms with E-state index in [1.54, 1.807) is 11.0 Å². The zero-order valence-electron chi connectivity index (χ0n) is 12.8. The van der Waals surface area contributed by atoms with Gasteiger partial charge < -0.3 is 20.3 Å². The van der Waals surface area contributed by atoms with E-state index in [0.29, 0.717) is 30.8 Å². The minimum absolute atomic E-state index is 0.101. The molecule has 7 heteroatoms. The average Bonchev–Trinajstić information content (AvgIpc) is 3.07. The summed E-state index contributed by atoms with van der Waals surface area (Å²) in [5.74, 6) is 0.714. The van der Waals surface area contributed by atoms with Crippen molar-refractivity contribution in [2.75, 3.05) is 33.0 Å². The lowest BCUT2D eigenvalue weighted by molar-refractivity contribution is -0.129. The zero-order valence-corrected chi connectivity index (χ0v) is 12.8. The van der Waals surface area contributed by atoms with Gasteiger partial charge in [0.05, 0.1) is 18.2 Å². The zero-order chi connectivity index (χ0) is 15.9. The van der Waals surface area contributed by atoms with Gasteiger partial charge in [0, 0.05) is 32.8 Å². The summed E-state index contributed by atoms with van der Waals surface area (Å²) >= 11 is 0. The minimum atomic E-state index is -0.196. The molecule has 2 N–H and O–H groups in total. The fraction of sp³-hybridized carbons (Fsp3) is 0.533. The molecule has 0 unspecified atom stereocenters. The first kappa shape index (κ1) is 14.6. The molecule has 2 aliphatic heterocycles. The van der Waals surface area contributed by atoms with Crippen molar-refractivity contribution in [3.05, 3.63) is 17.8 Å². The molecule has 2 fully saturated rings. The Morgan fingerprint density at radius 3 is 2.86 bits per heavy atom. The third-order valence-electron chi connectivity index (χ3n) is 4.86. The van der Waals surface area contributed by atoms with E-state index >= 15 is 0 Å². The number of ether oxygens (including phenoxy) is 1. The van der Waals surface area contributed by atoms with E-state index in [0.717, 1.165) is 12.8 Å². The number of nitrogen functional groups attached to an aromatic ring is 1. The monoisotopic (exact) mass is 304 g/mol. The van der Waals surface area contributed by atoms with Crippen LogP contribution in [0.3, 0.4) is 0 Å². The Morgan fingerprint density at radius 2 is 2.23 bits per heavy atom. The molecule has 1 aromatic rings. The predicted octanol–water partition coefficient (Wildman–Crippen LogP) is 0.509. The van der Waals surface area contributed by atoms with Gasteiger partial charge in [0.2, 0.25) is 5.91 Å². The Balaban J connectivity index is 1.79. The minimum Gasteiger partial charge on any atom is -0.493 e. The average molecular weight is 304 g/mol. The number of nitrogens with two attached hydrogens (primary N) is 1. The second-order valence-corrected chi connectivity index (χ2v) is 5.97. The number of hydrogen-bond donors (Lipinski definition) is 1. The summed E-state index contributed by atoms with van der Waals surface area (Å²) in [5, 5.41) is 0. The van der Waals surface area contributed by atoms with Crippen LogP contribution in [0.2, 0.25) is 0 Å². The summed E-state index contributed by atoms with van der Waals surface area (Å²) in [6.07, 6.45) is 3.67. The van der Waals surface area contributed by atoms with Crippen LogP contribution in [0.5, 0.6) is 5.75 Å². The van der Waals surface area contributed by atoms with Crippen LogP contribution in [0.1, 0.15) is 29.6 Å². The maximum absolute atomic E-state index is 12.6. The highest BCUT2D eigenvalue weighted by molar-refractivity contribution is 5.95. The van der Waals surface area contributed by atoms with Crippen molar-refractivity contribution >= 4 is 17.6 Å². The molecule has 3 heterocycles. The second kappa shape index (κ2) is 5.15. The van der Waals surface area contributed by atoms with E-state index in [-0.39, 0.29) is 23.2 Å². The van der Waals surface area contributed by atoms with Crippen LogP contribution in [0.25, 0.3) is 0 Å². The van der Waals surface area contributed by atoms with Gasteiger partial charge in [-0.25, -0.2) is 4.98 Å². The molecule has 0 saturated carbocycles. The molecule has 0 aliphatic carbocycles. The lowest BCUT2D eigenvalue weighted by Crippen LogP contribution is -2.46. The Bertz CT molecular complexity index is 633. The van der Waals surface area contributed by atoms with Crippen LogP contribution in [-0.2, 0) is 4.79 Å². The number of likely N-dealkylation sites (N-methyl/N-ethyl adjacent to an activating group) is 1. The van der Waals surface area contributed by atoms with Crippen molar-refractivity contribution in [1.82, 2.24) is 14.8 Å². The van der Waals surface area contributed by atoms with Crippen molar-refractivity contribution in [2.45, 2.75) is 24.8 Å². The summed E-state index contributed by atoms with van der Waals surface area (Å²) in [5.41, 5.74) is 5.93. The van der Waals surface area contributed by atoms with Crippen LogP contribution >= 0.6 is 0 Å². The molecule has 2 amide bonds. The van der Waals surface area contributed by atoms with Crippen molar-refractivity contribution in [3.8, 4) is 5.75 Å². The molecule has 0 radical (unpaired) electrons. The van der Waals surface area contributed by atoms with Gasteiger partial charge in [-0.3, -0.25) is 9.59 Å². The maximum atomic E-state index is 12.6. The van der Waals surface area contributed by atoms with Crippen LogP contribution in [0.15, 0.2) is 12.3 Å². The summed E-state index contributed by atoms with van der Waals surface area (Å²) in [4.78, 5) is 32.0. The number of anilines is 1. The van der Waals surface area contributed by atoms with Crippen molar-refractivity contribution in [1.29, 1.82) is 0 Å². The van der Waals surface area contributed by atoms with Gasteiger partial charge in [-0.1, -0.05) is 0 Å². The molecular weight excluding hydrogens is 284 g/mol. The van der Waals surface area contributed by atoms with Gasteiger partial charge in [0.15, 0.2) is 11.6 Å². The number of methoxy groups -OCH3 is 1. The lowest BCUT2D eigenvalue weighted by Gasteiger charge is -2.31. The van der Waals surface area contributed by atoms with Crippen molar-refractivity contribution in [3.63, 3.8) is 0 Å². The number of amides is 2. The number of carbonyl (C=O) groups is 2. The SMILES string of the molecule is COc1cc(C(=O)N2CC[C@@]3(CCC(=O)N3C)C2)cnc1N. The van der Waals surface area contributed by atoms with Crippen molar-refractivity contribution < 1.29 is 14.3 Å². The first-order valence-electron chi connectivity index (χ1n) is 7.32. The number of aromatic nitrogens is 1. The molecular formula is C15H20N4O3. The summed E-state index contributed by atoms with van der Waals surface area (Å²) in [7, 11) is 3.32. The lowest BCUT2D eigenvalue weighted by atomic mass is 9.96. The van der Waals surface area contributed by atoms with Crippen molar-refractivity contribution in [2.24, 2.45) is 0 Å². The van der Waals surface area contributed by atoms with Gasteiger partial charge in [-0.05, 0) is 18.9 Å². The first-order valence-corrected chi connectivity index (χ1v) is 7.32. The van der Waals surface area contributed by atoms with Gasteiger partial charge in [-0.2, -0.15) is 0 Å². The topological polar surface area (TPSA) is 88.8 Å². The fourth-order valence-corrected chi connectivity index (χ4v) is 3.37. The predicted molar refractivity (Wildman–Crippen MR) is 80.5 cm³/mol. The maximum Gasteiger partial charge on any atom is 0.255 e. The molecule has 2 aliphatic rings. The number of pyridine rings is 1. The van der Waals surface area contributed by atoms with Gasteiger partial charge >= 0.3 is 0 Å². The van der Waals surface area contributed by atoms with E-state index < -0.39 is 0 Å². The molecule has 1 atom stereocenters. The third kappa shape index (κ3) is 2.17. The smallest absolute Gasteiger partial charge is 0.255 e. The first-order chi connectivity index (χ1) is 10.5. The quantitative estimate of drug-likeness (QED) is 0.860. The van der Waals surface area contributed by atoms with Gasteiger partial charge in [0.1, 0.15) is 0 Å². The Hall–Kier alpha value is -2.31. The fourth-order valence-electron chi connectivity index (χ4n) is 3.37. The van der Waals surface area contributed by atoms with Gasteiger partial charge in [0.25, 0.3) is 5.91 Å². The molecule has 0 aromatic carbocycles. The molecule has 1 aromatic heterocycles. The van der Waals surface area contributed by atoms with E-state index in [2.05, 4.69) is 4.98 Å². The number of carbonyl (C=O) groups excluding carboxylic acids is 2. The highest BCUT2D eigenvalue weighted by Crippen LogP contribution is 2.37. The molecule has 3 rings (SSSR count). The van der Waals surface area contributed by atoms with E-state index in [9.17, 15) is 9.59 Å². The van der Waals surface area contributed by atoms with E-state index in [1.165, 1.54) is 13.3 Å². The Morgan fingerprint density at radius 1 is 1.45 bits per heavy atom. The number of likely N-dealkylation sites (tertiary alicyclic amines) is 2. The molecule has 118 valence electrons. The van der Waals surface area contributed by atoms with Gasteiger partial charge in [-0.15, -0.1) is 0 Å². The molecule has 0 bridgehead atoms. The van der Waals surface area contributed by atoms with Crippen LogP contribution in [-0.4, -0.2) is 59.4 Å². The number of rotatable bonds is 2. The largest absolute Gasteiger partial charge is 0.493 e. The highest BCUT2D eigenvalue weighted by Gasteiger charge is 2.48. The highest BCUT2D eigenvalue weighted by atomic mass is 16.5. The summed E-state index contributed by atoms with van der Waals surface area (Å²) in [6.45, 7) is 1.21. The molecule has 7 nitrogen and oxygen atoms in total. The van der Waals surface area contributed by atoms with Crippen LogP contribution in [0, 0.1) is 0 Å². The third-order valence-corrected chi connectivity index (χ3v) is 4.86. The molecule has 1 spiro atoms. The van der Waals surface area contributed by atoms with E-state index in [1.807, 2.05) is 11.9 Å². The van der Waals surface area contributed by atoms with Crippen LogP contribution < -0.4 is 10.5 Å². The Labute approximate surface area is 129 Å². The normalized spacial score (nSPS) is 24.4. The Kier molecular flexibility index (Phi) is 3.42. The number of hydrogen-bond acceptors (Lipinski definition) is 5. The summed E-state index contributed by atoms with van der Waals surface area (Å²) < 4.78 is 5.11. The molecule has 2 saturated heterocycles. The van der Waals surface area contributed by atoms with Crippen LogP contribution in [0.4, 0.5) is 5.82 Å². The van der Waals surface area contributed by atoms with E-state index in [4.69, 9.17) is 10.5 Å². The summed E-state index contributed by atoms with van der Waals surface area (Å²) in [6, 6.07) is 1.61. The second-order valence-electron chi connectivity index (χ2n) is 5.97. The number of nitrogens with zero attached hydrogens (tertiary/aromatic N) is 3. The standard InChI is InChI=1S/C15H20N4O3/c1-18-12(20)3-4-15(18)5-6-19(9-15)14(21)10-7-11(22-2)13(16)17-8-10/h7-8H,3-6,9H2,1-2H3,(H2,16,17)/t15-/m0/s1.